The van der Waals surface area contributed by atoms with E-state index >= 15 is 0 Å². The molecule has 1 unspecified atom stereocenters. The quantitative estimate of drug-likeness (QED) is 0.515. The van der Waals surface area contributed by atoms with Crippen LogP contribution in [0.3, 0.4) is 0 Å². The van der Waals surface area contributed by atoms with Crippen molar-refractivity contribution in [3.63, 3.8) is 0 Å². The normalized spacial score (nSPS) is 17.3. The van der Waals surface area contributed by atoms with Crippen molar-refractivity contribution in [1.29, 1.82) is 0 Å². The number of rotatable bonds is 1. The fourth-order valence-electron chi connectivity index (χ4n) is 2.66. The lowest BCUT2D eigenvalue weighted by atomic mass is 10.0. The van der Waals surface area contributed by atoms with Crippen LogP contribution in [0.2, 0.25) is 0 Å². The summed E-state index contributed by atoms with van der Waals surface area (Å²) in [5.74, 6) is 0.431. The van der Waals surface area contributed by atoms with Crippen molar-refractivity contribution >= 4 is 45.9 Å². The lowest BCUT2D eigenvalue weighted by molar-refractivity contribution is 0.992. The molecule has 0 radical (unpaired) electrons. The number of para-hydroxylation sites is 1. The van der Waals surface area contributed by atoms with Gasteiger partial charge in [-0.3, -0.25) is 9.78 Å². The van der Waals surface area contributed by atoms with Crippen LogP contribution in [0.1, 0.15) is 16.4 Å². The Morgan fingerprint density at radius 3 is 2.95 bits per heavy atom. The van der Waals surface area contributed by atoms with Crippen LogP contribution in [-0.4, -0.2) is 20.1 Å². The van der Waals surface area contributed by atoms with E-state index in [1.807, 2.05) is 30.5 Å². The molecular weight excluding hydrogens is 318 g/mol. The maximum Gasteiger partial charge on any atom is 0.258 e. The summed E-state index contributed by atoms with van der Waals surface area (Å²) in [6, 6.07) is 7.94. The maximum absolute atomic E-state index is 12.4. The number of thioether (sulfide) groups is 1. The first-order valence-electron chi connectivity index (χ1n) is 6.57. The Hall–Kier alpha value is -2.32. The molecule has 1 atom stereocenters. The number of hydrogen-bond acceptors (Lipinski definition) is 5. The van der Waals surface area contributed by atoms with Gasteiger partial charge in [-0.25, -0.2) is 4.99 Å². The van der Waals surface area contributed by atoms with Gasteiger partial charge in [0.2, 0.25) is 0 Å². The summed E-state index contributed by atoms with van der Waals surface area (Å²) in [6.45, 7) is 0. The highest BCUT2D eigenvalue weighted by Crippen LogP contribution is 2.43. The summed E-state index contributed by atoms with van der Waals surface area (Å²) in [4.78, 5) is 25.3. The van der Waals surface area contributed by atoms with E-state index in [4.69, 9.17) is 18.0 Å². The molecule has 1 aliphatic heterocycles. The topological polar surface area (TPSA) is 103 Å². The van der Waals surface area contributed by atoms with Crippen LogP contribution in [0.25, 0.3) is 10.9 Å². The number of nitrogens with one attached hydrogen (secondary N) is 3. The van der Waals surface area contributed by atoms with E-state index in [2.05, 4.69) is 19.9 Å². The minimum absolute atomic E-state index is 0.237. The van der Waals surface area contributed by atoms with Gasteiger partial charge in [0.05, 0.1) is 10.8 Å². The standard InChI is InChI=1S/C14H11N5OS2/c15-13-17-11-9(12(20)19-14(21)18-11)10(22-13)7-5-16-8-4-2-1-3-6(7)8/h1-5,10,16H,(H4,15,17,18,19,20,21). The molecule has 0 amide bonds. The number of nitrogens with zero attached hydrogens (tertiary/aromatic N) is 1. The second-order valence-electron chi connectivity index (χ2n) is 4.91. The molecule has 6 nitrogen and oxygen atoms in total. The van der Waals surface area contributed by atoms with Gasteiger partial charge in [0.1, 0.15) is 5.82 Å². The van der Waals surface area contributed by atoms with E-state index in [0.717, 1.165) is 16.5 Å². The number of aromatic nitrogens is 3. The summed E-state index contributed by atoms with van der Waals surface area (Å²) in [7, 11) is 0. The van der Waals surface area contributed by atoms with Crippen molar-refractivity contribution in [3.8, 4) is 0 Å². The van der Waals surface area contributed by atoms with E-state index in [1.54, 1.807) is 0 Å². The molecule has 22 heavy (non-hydrogen) atoms. The van der Waals surface area contributed by atoms with Crippen LogP contribution in [0.15, 0.2) is 40.2 Å². The summed E-state index contributed by atoms with van der Waals surface area (Å²) < 4.78 is 0.241. The lowest BCUT2D eigenvalue weighted by Gasteiger charge is -2.21. The van der Waals surface area contributed by atoms with Crippen LogP contribution in [0, 0.1) is 4.77 Å². The third-order valence-electron chi connectivity index (χ3n) is 3.59. The second-order valence-corrected chi connectivity index (χ2v) is 6.44. The summed E-state index contributed by atoms with van der Waals surface area (Å²) in [5.41, 5.74) is 8.24. The first-order valence-corrected chi connectivity index (χ1v) is 7.85. The van der Waals surface area contributed by atoms with E-state index in [-0.39, 0.29) is 15.6 Å². The number of hydrogen-bond donors (Lipinski definition) is 4. The molecule has 4 rings (SSSR count). The number of nitrogens with two attached hydrogens (primary N) is 1. The van der Waals surface area contributed by atoms with Crippen LogP contribution in [0.5, 0.6) is 0 Å². The van der Waals surface area contributed by atoms with Crippen molar-refractivity contribution < 1.29 is 0 Å². The van der Waals surface area contributed by atoms with Crippen LogP contribution < -0.4 is 11.3 Å². The van der Waals surface area contributed by atoms with Crippen LogP contribution >= 0.6 is 24.0 Å². The zero-order valence-corrected chi connectivity index (χ0v) is 12.8. The molecule has 3 aromatic rings. The number of benzene rings is 1. The average molecular weight is 329 g/mol. The Bertz CT molecular complexity index is 1030. The molecule has 2 aromatic heterocycles. The Morgan fingerprint density at radius 1 is 1.27 bits per heavy atom. The molecule has 110 valence electrons. The molecule has 0 fully saturated rings. The molecule has 0 spiro atoms. The van der Waals surface area contributed by atoms with Gasteiger partial charge in [0, 0.05) is 17.1 Å². The fourth-order valence-corrected chi connectivity index (χ4v) is 3.89. The molecule has 5 N–H and O–H groups in total. The Morgan fingerprint density at radius 2 is 2.09 bits per heavy atom. The molecule has 1 aromatic carbocycles. The molecule has 1 aliphatic rings. The molecular formula is C14H11N5OS2. The van der Waals surface area contributed by atoms with Crippen molar-refractivity contribution in [3.05, 3.63) is 56.7 Å². The number of H-pyrrole nitrogens is 3. The minimum atomic E-state index is -0.238. The second kappa shape index (κ2) is 4.85. The van der Waals surface area contributed by atoms with Crippen molar-refractivity contribution in [2.45, 2.75) is 5.25 Å². The van der Waals surface area contributed by atoms with Gasteiger partial charge in [-0.15, -0.1) is 0 Å². The Kier molecular flexibility index (Phi) is 2.95. The van der Waals surface area contributed by atoms with Crippen LogP contribution in [-0.2, 0) is 0 Å². The fraction of sp³-hybridized carbons (Fsp3) is 0.0714. The SMILES string of the molecule is NC1=Nc2[nH]c(=S)[nH]c(=O)c2C(c2c[nH]c3ccccc23)S1. The summed E-state index contributed by atoms with van der Waals surface area (Å²) >= 11 is 6.36. The highest BCUT2D eigenvalue weighted by molar-refractivity contribution is 8.14. The van der Waals surface area contributed by atoms with E-state index in [0.29, 0.717) is 16.5 Å². The van der Waals surface area contributed by atoms with Gasteiger partial charge in [0.25, 0.3) is 5.56 Å². The van der Waals surface area contributed by atoms with Crippen molar-refractivity contribution in [2.75, 3.05) is 0 Å². The Balaban J connectivity index is 2.00. The zero-order chi connectivity index (χ0) is 15.3. The summed E-state index contributed by atoms with van der Waals surface area (Å²) in [6.07, 6.45) is 1.91. The van der Waals surface area contributed by atoms with Gasteiger partial charge in [0.15, 0.2) is 9.94 Å². The number of amidine groups is 1. The van der Waals surface area contributed by atoms with Crippen molar-refractivity contribution in [1.82, 2.24) is 15.0 Å². The van der Waals surface area contributed by atoms with Gasteiger partial charge in [-0.2, -0.15) is 0 Å². The van der Waals surface area contributed by atoms with Gasteiger partial charge in [-0.05, 0) is 23.8 Å². The molecule has 3 heterocycles. The monoisotopic (exact) mass is 329 g/mol. The van der Waals surface area contributed by atoms with E-state index in [1.165, 1.54) is 11.8 Å². The molecule has 0 bridgehead atoms. The first-order chi connectivity index (χ1) is 10.6. The van der Waals surface area contributed by atoms with E-state index < -0.39 is 0 Å². The van der Waals surface area contributed by atoms with E-state index in [9.17, 15) is 4.79 Å². The molecule has 8 heteroatoms. The molecule has 0 saturated carbocycles. The molecule has 0 saturated heterocycles. The first kappa shape index (κ1) is 13.4. The average Bonchev–Trinajstić information content (AvgIpc) is 2.89. The Labute approximate surface area is 133 Å². The van der Waals surface area contributed by atoms with Crippen molar-refractivity contribution in [2.24, 2.45) is 10.7 Å². The number of fused-ring (bicyclic) bond motifs is 2. The van der Waals surface area contributed by atoms with Crippen LogP contribution in [0.4, 0.5) is 5.82 Å². The highest BCUT2D eigenvalue weighted by atomic mass is 32.2. The number of aromatic amines is 3. The van der Waals surface area contributed by atoms with Gasteiger partial charge < -0.3 is 15.7 Å². The third-order valence-corrected chi connectivity index (χ3v) is 4.85. The highest BCUT2D eigenvalue weighted by Gasteiger charge is 2.29. The number of aliphatic imine (C=N–C) groups is 1. The lowest BCUT2D eigenvalue weighted by Crippen LogP contribution is -2.23. The third kappa shape index (κ3) is 1.99. The maximum atomic E-state index is 12.4. The van der Waals surface area contributed by atoms with Gasteiger partial charge in [-0.1, -0.05) is 30.0 Å². The van der Waals surface area contributed by atoms with Gasteiger partial charge >= 0.3 is 0 Å². The zero-order valence-electron chi connectivity index (χ0n) is 11.2. The summed E-state index contributed by atoms with van der Waals surface area (Å²) in [5, 5.41) is 1.22. The predicted molar refractivity (Wildman–Crippen MR) is 91.3 cm³/mol. The molecule has 0 aliphatic carbocycles. The predicted octanol–water partition coefficient (Wildman–Crippen LogP) is 2.70. The largest absolute Gasteiger partial charge is 0.378 e. The minimum Gasteiger partial charge on any atom is -0.378 e. The smallest absolute Gasteiger partial charge is 0.258 e.